The third-order valence-corrected chi connectivity index (χ3v) is 4.71. The van der Waals surface area contributed by atoms with E-state index in [1.165, 1.54) is 5.57 Å². The van der Waals surface area contributed by atoms with Crippen molar-refractivity contribution >= 4 is 12.2 Å². The Hall–Kier alpha value is -1.50. The highest BCUT2D eigenvalue weighted by Crippen LogP contribution is 2.37. The molecule has 2 aliphatic rings. The van der Waals surface area contributed by atoms with Gasteiger partial charge in [-0.2, -0.15) is 0 Å². The van der Waals surface area contributed by atoms with Gasteiger partial charge in [0.05, 0.1) is 12.1 Å². The van der Waals surface area contributed by atoms with Gasteiger partial charge in [-0.3, -0.25) is 0 Å². The molecule has 0 aromatic carbocycles. The Morgan fingerprint density at radius 2 is 1.55 bits per heavy atom. The zero-order valence-electron chi connectivity index (χ0n) is 12.0. The van der Waals surface area contributed by atoms with Gasteiger partial charge in [-0.15, -0.1) is 0 Å². The fourth-order valence-corrected chi connectivity index (χ4v) is 3.67. The summed E-state index contributed by atoms with van der Waals surface area (Å²) in [6, 6.07) is 0.303. The summed E-state index contributed by atoms with van der Waals surface area (Å²) in [7, 11) is 0. The minimum atomic E-state index is 0.116. The monoisotopic (exact) mass is 274 g/mol. The zero-order chi connectivity index (χ0) is 14.4. The van der Waals surface area contributed by atoms with Crippen LogP contribution in [0.15, 0.2) is 21.6 Å². The summed E-state index contributed by atoms with van der Waals surface area (Å²) in [5.74, 6) is 1.27. The summed E-state index contributed by atoms with van der Waals surface area (Å²) in [4.78, 5) is 28.5. The molecular formula is C16H22N2O2. The number of hydrogen-bond donors (Lipinski definition) is 0. The lowest BCUT2D eigenvalue weighted by molar-refractivity contribution is 0.254. The molecule has 0 amide bonds. The number of hydrogen-bond acceptors (Lipinski definition) is 4. The third kappa shape index (κ3) is 4.00. The minimum absolute atomic E-state index is 0.116. The van der Waals surface area contributed by atoms with Crippen molar-refractivity contribution in [3.8, 4) is 0 Å². The molecule has 20 heavy (non-hydrogen) atoms. The molecular weight excluding hydrogens is 252 g/mol. The maximum absolute atomic E-state index is 10.4. The van der Waals surface area contributed by atoms with Crippen molar-refractivity contribution in [1.29, 1.82) is 0 Å². The molecule has 2 atom stereocenters. The Kier molecular flexibility index (Phi) is 5.46. The zero-order valence-corrected chi connectivity index (χ0v) is 12.0. The van der Waals surface area contributed by atoms with Crippen LogP contribution in [-0.2, 0) is 9.59 Å². The summed E-state index contributed by atoms with van der Waals surface area (Å²) < 4.78 is 0. The predicted molar refractivity (Wildman–Crippen MR) is 76.9 cm³/mol. The SMILES string of the molecule is CC1=CC(C2CCC(N=C=O)CC2)CCC(N=C=O)C1. The van der Waals surface area contributed by atoms with E-state index in [1.54, 1.807) is 12.2 Å². The quantitative estimate of drug-likeness (QED) is 0.450. The van der Waals surface area contributed by atoms with E-state index in [1.807, 2.05) is 0 Å². The first-order chi connectivity index (χ1) is 9.72. The van der Waals surface area contributed by atoms with Crippen molar-refractivity contribution in [3.63, 3.8) is 0 Å². The molecule has 2 aliphatic carbocycles. The number of nitrogens with zero attached hydrogens (tertiary/aromatic N) is 2. The molecule has 1 fully saturated rings. The van der Waals surface area contributed by atoms with Crippen LogP contribution in [0.2, 0.25) is 0 Å². The average Bonchev–Trinajstić information content (AvgIpc) is 2.62. The second-order valence-corrected chi connectivity index (χ2v) is 6.12. The second kappa shape index (κ2) is 7.33. The van der Waals surface area contributed by atoms with E-state index >= 15 is 0 Å². The highest BCUT2D eigenvalue weighted by Gasteiger charge is 2.28. The van der Waals surface area contributed by atoms with Gasteiger partial charge < -0.3 is 0 Å². The molecule has 4 nitrogen and oxygen atoms in total. The lowest BCUT2D eigenvalue weighted by atomic mass is 9.76. The number of allylic oxidation sites excluding steroid dienone is 1. The fraction of sp³-hybridized carbons (Fsp3) is 0.750. The van der Waals surface area contributed by atoms with E-state index in [9.17, 15) is 9.59 Å². The van der Waals surface area contributed by atoms with E-state index in [0.29, 0.717) is 11.8 Å². The van der Waals surface area contributed by atoms with Gasteiger partial charge in [0.15, 0.2) is 0 Å². The van der Waals surface area contributed by atoms with E-state index in [2.05, 4.69) is 23.0 Å². The van der Waals surface area contributed by atoms with Crippen molar-refractivity contribution in [3.05, 3.63) is 11.6 Å². The fourth-order valence-electron chi connectivity index (χ4n) is 3.67. The first kappa shape index (κ1) is 14.9. The number of carbonyl (C=O) groups excluding carboxylic acids is 2. The molecule has 0 saturated heterocycles. The van der Waals surface area contributed by atoms with Crippen molar-refractivity contribution in [1.82, 2.24) is 0 Å². The van der Waals surface area contributed by atoms with Gasteiger partial charge >= 0.3 is 0 Å². The van der Waals surface area contributed by atoms with Crippen LogP contribution in [0.3, 0.4) is 0 Å². The lowest BCUT2D eigenvalue weighted by Gasteiger charge is -2.30. The van der Waals surface area contributed by atoms with E-state index in [-0.39, 0.29) is 12.1 Å². The van der Waals surface area contributed by atoms with Crippen LogP contribution >= 0.6 is 0 Å². The molecule has 108 valence electrons. The van der Waals surface area contributed by atoms with Crippen LogP contribution in [-0.4, -0.2) is 24.2 Å². The molecule has 4 heteroatoms. The van der Waals surface area contributed by atoms with Gasteiger partial charge in [0.1, 0.15) is 0 Å². The van der Waals surface area contributed by atoms with E-state index < -0.39 is 0 Å². The van der Waals surface area contributed by atoms with Crippen molar-refractivity contribution in [2.24, 2.45) is 21.8 Å². The molecule has 2 unspecified atom stereocenters. The van der Waals surface area contributed by atoms with Crippen LogP contribution in [0, 0.1) is 11.8 Å². The summed E-state index contributed by atoms with van der Waals surface area (Å²) in [6.07, 6.45) is 13.0. The summed E-state index contributed by atoms with van der Waals surface area (Å²) in [5.41, 5.74) is 1.34. The molecule has 0 spiro atoms. The maximum atomic E-state index is 10.4. The lowest BCUT2D eigenvalue weighted by Crippen LogP contribution is -2.22. The van der Waals surface area contributed by atoms with Crippen LogP contribution in [0.25, 0.3) is 0 Å². The Bertz CT molecular complexity index is 451. The molecule has 0 bridgehead atoms. The third-order valence-electron chi connectivity index (χ3n) is 4.71. The van der Waals surface area contributed by atoms with Crippen molar-refractivity contribution < 1.29 is 9.59 Å². The first-order valence-electron chi connectivity index (χ1n) is 7.54. The van der Waals surface area contributed by atoms with Gasteiger partial charge in [0.25, 0.3) is 0 Å². The van der Waals surface area contributed by atoms with Gasteiger partial charge in [-0.1, -0.05) is 11.6 Å². The van der Waals surface area contributed by atoms with Crippen LogP contribution in [0.5, 0.6) is 0 Å². The Labute approximate surface area is 120 Å². The van der Waals surface area contributed by atoms with Crippen molar-refractivity contribution in [2.45, 2.75) is 64.0 Å². The first-order valence-corrected chi connectivity index (χ1v) is 7.54. The number of aliphatic imine (C=N–C) groups is 2. The van der Waals surface area contributed by atoms with Gasteiger partial charge in [-0.25, -0.2) is 19.6 Å². The molecule has 0 radical (unpaired) electrons. The predicted octanol–water partition coefficient (Wildman–Crippen LogP) is 3.33. The van der Waals surface area contributed by atoms with E-state index in [0.717, 1.165) is 44.9 Å². The smallest absolute Gasteiger partial charge is 0.211 e. The van der Waals surface area contributed by atoms with Gasteiger partial charge in [-0.05, 0) is 63.7 Å². The Balaban J connectivity index is 1.95. The molecule has 0 aromatic heterocycles. The largest absolute Gasteiger partial charge is 0.235 e. The highest BCUT2D eigenvalue weighted by atomic mass is 16.1. The molecule has 0 aliphatic heterocycles. The number of rotatable bonds is 3. The summed E-state index contributed by atoms with van der Waals surface area (Å²) in [5, 5.41) is 0. The molecule has 1 saturated carbocycles. The Morgan fingerprint density at radius 3 is 2.20 bits per heavy atom. The maximum Gasteiger partial charge on any atom is 0.235 e. The molecule has 2 rings (SSSR count). The van der Waals surface area contributed by atoms with Crippen molar-refractivity contribution in [2.75, 3.05) is 0 Å². The van der Waals surface area contributed by atoms with Crippen LogP contribution < -0.4 is 0 Å². The normalized spacial score (nSPS) is 34.1. The van der Waals surface area contributed by atoms with Gasteiger partial charge in [0.2, 0.25) is 12.2 Å². The topological polar surface area (TPSA) is 58.9 Å². The van der Waals surface area contributed by atoms with E-state index in [4.69, 9.17) is 0 Å². The Morgan fingerprint density at radius 1 is 0.950 bits per heavy atom. The highest BCUT2D eigenvalue weighted by molar-refractivity contribution is 5.34. The van der Waals surface area contributed by atoms with Crippen LogP contribution in [0.4, 0.5) is 0 Å². The number of isocyanates is 2. The molecule has 0 N–H and O–H groups in total. The van der Waals surface area contributed by atoms with Gasteiger partial charge in [0, 0.05) is 0 Å². The second-order valence-electron chi connectivity index (χ2n) is 6.12. The summed E-state index contributed by atoms with van der Waals surface area (Å²) in [6.45, 7) is 2.13. The minimum Gasteiger partial charge on any atom is -0.211 e. The van der Waals surface area contributed by atoms with Crippen LogP contribution in [0.1, 0.15) is 51.9 Å². The average molecular weight is 274 g/mol. The molecule has 0 heterocycles. The standard InChI is InChI=1S/C16H22N2O2/c1-12-8-14(4-7-16(9-12)18-11-20)13-2-5-15(6-3-13)17-10-19/h8,13-16H,2-7,9H2,1H3. The molecule has 0 aromatic rings. The summed E-state index contributed by atoms with van der Waals surface area (Å²) >= 11 is 0.